The molecular weight excluding hydrogens is 210 g/mol. The first-order valence-electron chi connectivity index (χ1n) is 5.96. The monoisotopic (exact) mass is 225 g/mol. The quantitative estimate of drug-likeness (QED) is 0.683. The van der Waals surface area contributed by atoms with E-state index < -0.39 is 0 Å². The third-order valence-electron chi connectivity index (χ3n) is 3.06. The topological polar surface area (TPSA) is 21.3 Å². The molecule has 0 amide bonds. The molecule has 0 spiro atoms. The van der Waals surface area contributed by atoms with Crippen molar-refractivity contribution in [2.75, 3.05) is 0 Å². The third kappa shape index (κ3) is 1.86. The normalized spacial score (nSPS) is 25.8. The smallest absolute Gasteiger partial charge is 0.150 e. The fourth-order valence-corrected chi connectivity index (χ4v) is 2.12. The number of ether oxygens (including phenoxy) is 1. The molecule has 2 aliphatic carbocycles. The van der Waals surface area contributed by atoms with Gasteiger partial charge >= 0.3 is 0 Å². The van der Waals surface area contributed by atoms with Crippen molar-refractivity contribution in [1.82, 2.24) is 5.32 Å². The largest absolute Gasteiger partial charge is 0.453 e. The molecule has 0 aromatic rings. The van der Waals surface area contributed by atoms with Crippen LogP contribution in [0.15, 0.2) is 71.5 Å². The average molecular weight is 225 g/mol. The summed E-state index contributed by atoms with van der Waals surface area (Å²) < 4.78 is 5.96. The molecule has 2 heteroatoms. The highest BCUT2D eigenvalue weighted by atomic mass is 16.5. The minimum Gasteiger partial charge on any atom is -0.453 e. The van der Waals surface area contributed by atoms with Gasteiger partial charge in [-0.05, 0) is 24.6 Å². The molecule has 1 atom stereocenters. The summed E-state index contributed by atoms with van der Waals surface area (Å²) in [5, 5.41) is 3.48. The van der Waals surface area contributed by atoms with E-state index in [-0.39, 0.29) is 0 Å². The molecule has 1 aliphatic heterocycles. The SMILES string of the molecule is C[C@H]1C=CC=CC2=C1NC1=C(C=CCC=C1)O2. The van der Waals surface area contributed by atoms with Gasteiger partial charge in [0.25, 0.3) is 0 Å². The first-order chi connectivity index (χ1) is 8.34. The van der Waals surface area contributed by atoms with Crippen LogP contribution < -0.4 is 5.32 Å². The van der Waals surface area contributed by atoms with E-state index in [0.717, 1.165) is 29.3 Å². The molecule has 0 aromatic carbocycles. The number of rotatable bonds is 0. The Morgan fingerprint density at radius 2 is 2.00 bits per heavy atom. The van der Waals surface area contributed by atoms with E-state index in [9.17, 15) is 0 Å². The van der Waals surface area contributed by atoms with E-state index >= 15 is 0 Å². The molecule has 0 unspecified atom stereocenters. The zero-order chi connectivity index (χ0) is 11.7. The van der Waals surface area contributed by atoms with Crippen molar-refractivity contribution in [2.24, 2.45) is 5.92 Å². The standard InChI is InChI=1S/C15H15NO/c1-11-7-5-6-10-14-15(11)16-12-8-3-2-4-9-13(12)17-14/h3-11,16H,2H2,1H3/t11-/m0/s1. The lowest BCUT2D eigenvalue weighted by Crippen LogP contribution is -2.24. The maximum atomic E-state index is 5.96. The van der Waals surface area contributed by atoms with E-state index in [4.69, 9.17) is 4.74 Å². The van der Waals surface area contributed by atoms with Gasteiger partial charge in [-0.2, -0.15) is 0 Å². The number of hydrogen-bond acceptors (Lipinski definition) is 2. The molecule has 17 heavy (non-hydrogen) atoms. The summed E-state index contributed by atoms with van der Waals surface area (Å²) in [4.78, 5) is 0. The zero-order valence-electron chi connectivity index (χ0n) is 9.81. The predicted molar refractivity (Wildman–Crippen MR) is 68.6 cm³/mol. The highest BCUT2D eigenvalue weighted by molar-refractivity contribution is 5.42. The molecule has 1 N–H and O–H groups in total. The molecular formula is C15H15NO. The number of nitrogens with one attached hydrogen (secondary N) is 1. The van der Waals surface area contributed by atoms with Crippen molar-refractivity contribution in [2.45, 2.75) is 13.3 Å². The molecule has 3 aliphatic rings. The first-order valence-corrected chi connectivity index (χ1v) is 5.96. The Morgan fingerprint density at radius 1 is 1.12 bits per heavy atom. The Balaban J connectivity index is 1.99. The van der Waals surface area contributed by atoms with Gasteiger partial charge in [0.05, 0.1) is 11.4 Å². The van der Waals surface area contributed by atoms with Gasteiger partial charge in [-0.25, -0.2) is 0 Å². The van der Waals surface area contributed by atoms with Crippen molar-refractivity contribution in [1.29, 1.82) is 0 Å². The van der Waals surface area contributed by atoms with Gasteiger partial charge in [0.1, 0.15) is 5.76 Å². The van der Waals surface area contributed by atoms with Crippen molar-refractivity contribution in [3.63, 3.8) is 0 Å². The fourth-order valence-electron chi connectivity index (χ4n) is 2.12. The lowest BCUT2D eigenvalue weighted by atomic mass is 10.1. The van der Waals surface area contributed by atoms with Gasteiger partial charge in [-0.3, -0.25) is 0 Å². The Bertz CT molecular complexity index is 515. The van der Waals surface area contributed by atoms with Crippen molar-refractivity contribution < 1.29 is 4.74 Å². The second kappa shape index (κ2) is 4.13. The minimum absolute atomic E-state index is 0.342. The van der Waals surface area contributed by atoms with Gasteiger partial charge in [-0.15, -0.1) is 0 Å². The molecule has 86 valence electrons. The van der Waals surface area contributed by atoms with E-state index in [0.29, 0.717) is 5.92 Å². The maximum Gasteiger partial charge on any atom is 0.150 e. The van der Waals surface area contributed by atoms with Crippen LogP contribution in [0.3, 0.4) is 0 Å². The van der Waals surface area contributed by atoms with Crippen LogP contribution in [-0.4, -0.2) is 0 Å². The summed E-state index contributed by atoms with van der Waals surface area (Å²) in [5.41, 5.74) is 2.18. The summed E-state index contributed by atoms with van der Waals surface area (Å²) in [6.07, 6.45) is 17.6. The lowest BCUT2D eigenvalue weighted by Gasteiger charge is -2.25. The molecule has 0 saturated heterocycles. The Labute approximate surface area is 101 Å². The van der Waals surface area contributed by atoms with E-state index in [1.165, 1.54) is 0 Å². The minimum atomic E-state index is 0.342. The highest BCUT2D eigenvalue weighted by Crippen LogP contribution is 2.29. The molecule has 0 fully saturated rings. The van der Waals surface area contributed by atoms with E-state index in [1.54, 1.807) is 0 Å². The van der Waals surface area contributed by atoms with Crippen LogP contribution in [0.5, 0.6) is 0 Å². The number of hydrogen-bond donors (Lipinski definition) is 1. The molecule has 2 nitrogen and oxygen atoms in total. The summed E-state index contributed by atoms with van der Waals surface area (Å²) in [7, 11) is 0. The van der Waals surface area contributed by atoms with Gasteiger partial charge in [0.2, 0.25) is 0 Å². The molecule has 0 aromatic heterocycles. The maximum absolute atomic E-state index is 5.96. The fraction of sp³-hybridized carbons (Fsp3) is 0.200. The molecule has 1 heterocycles. The van der Waals surface area contributed by atoms with E-state index in [2.05, 4.69) is 42.6 Å². The molecule has 0 radical (unpaired) electrons. The second-order valence-electron chi connectivity index (χ2n) is 4.36. The zero-order valence-corrected chi connectivity index (χ0v) is 9.81. The highest BCUT2D eigenvalue weighted by Gasteiger charge is 2.22. The second-order valence-corrected chi connectivity index (χ2v) is 4.36. The molecule has 3 rings (SSSR count). The summed E-state index contributed by atoms with van der Waals surface area (Å²) >= 11 is 0. The van der Waals surface area contributed by atoms with Gasteiger partial charge < -0.3 is 10.1 Å². The van der Waals surface area contributed by atoms with Crippen LogP contribution in [-0.2, 0) is 4.74 Å². The lowest BCUT2D eigenvalue weighted by molar-refractivity contribution is 0.306. The Hall–Kier alpha value is -1.96. The summed E-state index contributed by atoms with van der Waals surface area (Å²) in [5.74, 6) is 2.16. The Morgan fingerprint density at radius 3 is 2.94 bits per heavy atom. The van der Waals surface area contributed by atoms with Gasteiger partial charge in [0, 0.05) is 5.92 Å². The van der Waals surface area contributed by atoms with Crippen LogP contribution >= 0.6 is 0 Å². The Kier molecular flexibility index (Phi) is 2.48. The van der Waals surface area contributed by atoms with Crippen molar-refractivity contribution in [3.8, 4) is 0 Å². The van der Waals surface area contributed by atoms with Crippen molar-refractivity contribution >= 4 is 0 Å². The van der Waals surface area contributed by atoms with Gasteiger partial charge in [0.15, 0.2) is 5.76 Å². The summed E-state index contributed by atoms with van der Waals surface area (Å²) in [6, 6.07) is 0. The van der Waals surface area contributed by atoms with Gasteiger partial charge in [-0.1, -0.05) is 37.3 Å². The summed E-state index contributed by atoms with van der Waals surface area (Å²) in [6.45, 7) is 2.16. The average Bonchev–Trinajstić information content (AvgIpc) is 2.66. The third-order valence-corrected chi connectivity index (χ3v) is 3.06. The van der Waals surface area contributed by atoms with Crippen molar-refractivity contribution in [3.05, 3.63) is 71.5 Å². The van der Waals surface area contributed by atoms with Crippen LogP contribution in [0, 0.1) is 5.92 Å². The molecule has 0 bridgehead atoms. The molecule has 0 saturated carbocycles. The van der Waals surface area contributed by atoms with E-state index in [1.807, 2.05) is 18.2 Å². The van der Waals surface area contributed by atoms with Crippen LogP contribution in [0.4, 0.5) is 0 Å². The van der Waals surface area contributed by atoms with Crippen LogP contribution in [0.1, 0.15) is 13.3 Å². The predicted octanol–water partition coefficient (Wildman–Crippen LogP) is 3.31. The van der Waals surface area contributed by atoms with Crippen LogP contribution in [0.25, 0.3) is 0 Å². The number of allylic oxidation sites excluding steroid dienone is 8. The first kappa shape index (κ1) is 10.2. The van der Waals surface area contributed by atoms with Crippen LogP contribution in [0.2, 0.25) is 0 Å².